The van der Waals surface area contributed by atoms with Gasteiger partial charge in [-0.25, -0.2) is 4.79 Å². The lowest BCUT2D eigenvalue weighted by Crippen LogP contribution is -2.40. The van der Waals surface area contributed by atoms with E-state index in [-0.39, 0.29) is 11.2 Å². The first-order valence-corrected chi connectivity index (χ1v) is 13.1. The van der Waals surface area contributed by atoms with Crippen molar-refractivity contribution < 1.29 is 4.74 Å². The van der Waals surface area contributed by atoms with Crippen LogP contribution in [0.1, 0.15) is 38.7 Å². The van der Waals surface area contributed by atoms with Crippen LogP contribution in [0.15, 0.2) is 89.9 Å². The molecule has 0 amide bonds. The molecule has 192 valence electrons. The van der Waals surface area contributed by atoms with Gasteiger partial charge in [0.25, 0.3) is 0 Å². The summed E-state index contributed by atoms with van der Waals surface area (Å²) in [5.74, 6) is 2.20. The van der Waals surface area contributed by atoms with Gasteiger partial charge in [0.05, 0.1) is 5.69 Å². The Morgan fingerprint density at radius 2 is 1.54 bits per heavy atom. The van der Waals surface area contributed by atoms with Crippen molar-refractivity contribution in [3.05, 3.63) is 101 Å². The molecule has 1 fully saturated rings. The van der Waals surface area contributed by atoms with Gasteiger partial charge in [0, 0.05) is 24.0 Å². The number of aromatic amines is 1. The number of imidazole rings is 1. The number of hydrogen-bond acceptors (Lipinski definition) is 4. The van der Waals surface area contributed by atoms with E-state index in [9.17, 15) is 4.79 Å². The van der Waals surface area contributed by atoms with Gasteiger partial charge in [-0.2, -0.15) is 0 Å². The van der Waals surface area contributed by atoms with E-state index in [0.29, 0.717) is 5.92 Å². The van der Waals surface area contributed by atoms with E-state index in [4.69, 9.17) is 10.5 Å². The smallest absolute Gasteiger partial charge is 0.326 e. The summed E-state index contributed by atoms with van der Waals surface area (Å²) in [6.07, 6.45) is 5.10. The summed E-state index contributed by atoms with van der Waals surface area (Å²) in [7, 11) is 0. The number of benzene rings is 3. The van der Waals surface area contributed by atoms with Gasteiger partial charge in [0.1, 0.15) is 11.5 Å². The molecule has 6 heteroatoms. The van der Waals surface area contributed by atoms with Crippen LogP contribution in [0, 0.1) is 5.92 Å². The number of H-pyrrole nitrogens is 1. The lowest BCUT2D eigenvalue weighted by molar-refractivity contribution is 0.142. The SMILES string of the molecule is CC(C)(CC1CCN(Cc2ccc(Oc3ccc(N)cc3)cc2)CC1)n1c(-c2ccccc2)c[nH]c1=O. The Morgan fingerprint density at radius 1 is 0.919 bits per heavy atom. The monoisotopic (exact) mass is 496 g/mol. The Kier molecular flexibility index (Phi) is 7.19. The molecule has 0 aliphatic carbocycles. The van der Waals surface area contributed by atoms with Gasteiger partial charge in [0.15, 0.2) is 0 Å². The summed E-state index contributed by atoms with van der Waals surface area (Å²) in [6.45, 7) is 7.45. The van der Waals surface area contributed by atoms with Crippen LogP contribution < -0.4 is 16.2 Å². The number of aromatic nitrogens is 2. The predicted molar refractivity (Wildman–Crippen MR) is 150 cm³/mol. The fraction of sp³-hybridized carbons (Fsp3) is 0.323. The van der Waals surface area contributed by atoms with Crippen LogP contribution in [-0.4, -0.2) is 27.5 Å². The van der Waals surface area contributed by atoms with E-state index >= 15 is 0 Å². The molecule has 0 atom stereocenters. The maximum Gasteiger partial charge on any atom is 0.326 e. The molecule has 1 aliphatic rings. The number of nitrogens with zero attached hydrogens (tertiary/aromatic N) is 2. The minimum Gasteiger partial charge on any atom is -0.457 e. The third-order valence-corrected chi connectivity index (χ3v) is 7.39. The van der Waals surface area contributed by atoms with Crippen molar-refractivity contribution in [1.82, 2.24) is 14.5 Å². The molecule has 0 spiro atoms. The second-order valence-electron chi connectivity index (χ2n) is 10.7. The molecule has 1 aromatic heterocycles. The van der Waals surface area contributed by atoms with Crippen molar-refractivity contribution >= 4 is 5.69 Å². The van der Waals surface area contributed by atoms with Crippen molar-refractivity contribution in [2.24, 2.45) is 5.92 Å². The highest BCUT2D eigenvalue weighted by atomic mass is 16.5. The molecule has 2 heterocycles. The van der Waals surface area contributed by atoms with Gasteiger partial charge in [0.2, 0.25) is 0 Å². The minimum absolute atomic E-state index is 0.0369. The second kappa shape index (κ2) is 10.7. The molecule has 1 saturated heterocycles. The molecule has 0 unspecified atom stereocenters. The summed E-state index contributed by atoms with van der Waals surface area (Å²) < 4.78 is 7.87. The molecule has 1 aliphatic heterocycles. The first kappa shape index (κ1) is 24.9. The number of hydrogen-bond donors (Lipinski definition) is 2. The Bertz CT molecular complexity index is 1350. The van der Waals surface area contributed by atoms with Gasteiger partial charge >= 0.3 is 5.69 Å². The number of piperidine rings is 1. The van der Waals surface area contributed by atoms with E-state index in [1.807, 2.05) is 65.4 Å². The number of nitrogens with two attached hydrogens (primary N) is 1. The number of likely N-dealkylation sites (tertiary alicyclic amines) is 1. The highest BCUT2D eigenvalue weighted by molar-refractivity contribution is 5.59. The summed E-state index contributed by atoms with van der Waals surface area (Å²) in [6, 6.07) is 25.9. The molecule has 3 N–H and O–H groups in total. The van der Waals surface area contributed by atoms with Crippen LogP contribution in [0.2, 0.25) is 0 Å². The average Bonchev–Trinajstić information content (AvgIpc) is 3.30. The fourth-order valence-electron chi connectivity index (χ4n) is 5.53. The van der Waals surface area contributed by atoms with Crippen molar-refractivity contribution in [3.63, 3.8) is 0 Å². The van der Waals surface area contributed by atoms with Gasteiger partial charge in [-0.3, -0.25) is 9.47 Å². The van der Waals surface area contributed by atoms with Crippen LogP contribution in [-0.2, 0) is 12.1 Å². The largest absolute Gasteiger partial charge is 0.457 e. The first-order valence-electron chi connectivity index (χ1n) is 13.1. The summed E-state index contributed by atoms with van der Waals surface area (Å²) >= 11 is 0. The molecule has 0 saturated carbocycles. The normalized spacial score (nSPS) is 15.1. The molecule has 0 bridgehead atoms. The molecule has 6 nitrogen and oxygen atoms in total. The Balaban J connectivity index is 1.15. The minimum atomic E-state index is -0.268. The fourth-order valence-corrected chi connectivity index (χ4v) is 5.53. The number of ether oxygens (including phenoxy) is 1. The van der Waals surface area contributed by atoms with Crippen molar-refractivity contribution in [3.8, 4) is 22.8 Å². The standard InChI is InChI=1S/C31H36N4O2/c1-31(2,35-29(21-33-30(35)36)25-6-4-3-5-7-25)20-23-16-18-34(19-17-23)22-24-8-12-27(13-9-24)37-28-14-10-26(32)11-15-28/h3-15,21,23H,16-20,22,32H2,1-2H3,(H,33,36). The highest BCUT2D eigenvalue weighted by Crippen LogP contribution is 2.33. The molecule has 5 rings (SSSR count). The summed E-state index contributed by atoms with van der Waals surface area (Å²) in [4.78, 5) is 18.2. The van der Waals surface area contributed by atoms with Crippen LogP contribution in [0.3, 0.4) is 0 Å². The van der Waals surface area contributed by atoms with E-state index in [0.717, 1.165) is 67.3 Å². The van der Waals surface area contributed by atoms with Crippen LogP contribution in [0.25, 0.3) is 11.3 Å². The molecule has 4 aromatic rings. The summed E-state index contributed by atoms with van der Waals surface area (Å²) in [5, 5.41) is 0. The van der Waals surface area contributed by atoms with E-state index in [2.05, 4.69) is 48.0 Å². The lowest BCUT2D eigenvalue weighted by atomic mass is 9.84. The third-order valence-electron chi connectivity index (χ3n) is 7.39. The lowest BCUT2D eigenvalue weighted by Gasteiger charge is -2.37. The molecule has 37 heavy (non-hydrogen) atoms. The quantitative estimate of drug-likeness (QED) is 0.283. The van der Waals surface area contributed by atoms with Crippen molar-refractivity contribution in [1.29, 1.82) is 0 Å². The molecular weight excluding hydrogens is 460 g/mol. The zero-order valence-electron chi connectivity index (χ0n) is 21.7. The van der Waals surface area contributed by atoms with Gasteiger partial charge in [-0.15, -0.1) is 0 Å². The average molecular weight is 497 g/mol. The number of nitrogens with one attached hydrogen (secondary N) is 1. The first-order chi connectivity index (χ1) is 17.9. The van der Waals surface area contributed by atoms with E-state index in [1.165, 1.54) is 5.56 Å². The molecule has 0 radical (unpaired) electrons. The zero-order chi connectivity index (χ0) is 25.8. The topological polar surface area (TPSA) is 76.3 Å². The zero-order valence-corrected chi connectivity index (χ0v) is 21.7. The Labute approximate surface area is 218 Å². The van der Waals surface area contributed by atoms with Crippen molar-refractivity contribution in [2.45, 2.75) is 45.2 Å². The second-order valence-corrected chi connectivity index (χ2v) is 10.7. The third kappa shape index (κ3) is 5.97. The van der Waals surface area contributed by atoms with Gasteiger partial charge < -0.3 is 15.5 Å². The van der Waals surface area contributed by atoms with Crippen LogP contribution >= 0.6 is 0 Å². The van der Waals surface area contributed by atoms with Crippen LogP contribution in [0.5, 0.6) is 11.5 Å². The Morgan fingerprint density at radius 3 is 2.19 bits per heavy atom. The van der Waals surface area contributed by atoms with Gasteiger partial charge in [-0.05, 0) is 99.6 Å². The number of nitrogen functional groups attached to an aromatic ring is 1. The molecular formula is C31H36N4O2. The number of anilines is 1. The van der Waals surface area contributed by atoms with E-state index < -0.39 is 0 Å². The maximum absolute atomic E-state index is 12.8. The highest BCUT2D eigenvalue weighted by Gasteiger charge is 2.31. The van der Waals surface area contributed by atoms with Crippen molar-refractivity contribution in [2.75, 3.05) is 18.8 Å². The maximum atomic E-state index is 12.8. The number of rotatable bonds is 8. The summed E-state index contributed by atoms with van der Waals surface area (Å²) in [5.41, 5.74) is 9.48. The predicted octanol–water partition coefficient (Wildman–Crippen LogP) is 6.26. The Hall–Kier alpha value is -3.77. The molecule has 3 aromatic carbocycles. The van der Waals surface area contributed by atoms with E-state index in [1.54, 1.807) is 0 Å². The van der Waals surface area contributed by atoms with Crippen LogP contribution in [0.4, 0.5) is 5.69 Å². The van der Waals surface area contributed by atoms with Gasteiger partial charge in [-0.1, -0.05) is 42.5 Å².